The van der Waals surface area contributed by atoms with E-state index in [0.717, 1.165) is 5.56 Å². The van der Waals surface area contributed by atoms with Gasteiger partial charge in [-0.3, -0.25) is 9.59 Å². The van der Waals surface area contributed by atoms with Crippen molar-refractivity contribution < 1.29 is 14.3 Å². The lowest BCUT2D eigenvalue weighted by Gasteiger charge is -2.10. The number of nitrogens with two attached hydrogens (primary N) is 1. The summed E-state index contributed by atoms with van der Waals surface area (Å²) in [5.74, 6) is -0.931. The van der Waals surface area contributed by atoms with Crippen LogP contribution < -0.4 is 15.8 Å². The standard InChI is InChI=1S/C19H16ClN3O3/c1-12-4-2-3-5-16(12)23-19(25)14(10-21)8-13-9-15(20)6-7-17(13)26-11-18(22)24/h2-9H,11H2,1H3,(H2,22,24)(H,23,25)/b14-8+. The number of benzene rings is 2. The lowest BCUT2D eigenvalue weighted by molar-refractivity contribution is -0.120. The Kier molecular flexibility index (Phi) is 6.36. The van der Waals surface area contributed by atoms with Gasteiger partial charge in [0.25, 0.3) is 11.8 Å². The summed E-state index contributed by atoms with van der Waals surface area (Å²) >= 11 is 5.98. The number of rotatable bonds is 6. The van der Waals surface area contributed by atoms with Gasteiger partial charge in [0.15, 0.2) is 6.61 Å². The van der Waals surface area contributed by atoms with Crippen LogP contribution in [0, 0.1) is 18.3 Å². The number of nitriles is 1. The highest BCUT2D eigenvalue weighted by Crippen LogP contribution is 2.26. The molecule has 0 spiro atoms. The molecule has 2 amide bonds. The van der Waals surface area contributed by atoms with E-state index in [4.69, 9.17) is 22.1 Å². The first-order valence-electron chi connectivity index (χ1n) is 7.60. The van der Waals surface area contributed by atoms with Crippen molar-refractivity contribution in [2.45, 2.75) is 6.92 Å². The molecular weight excluding hydrogens is 354 g/mol. The summed E-state index contributed by atoms with van der Waals surface area (Å²) in [6.07, 6.45) is 1.34. The number of primary amides is 1. The minimum Gasteiger partial charge on any atom is -0.483 e. The predicted molar refractivity (Wildman–Crippen MR) is 99.5 cm³/mol. The number of anilines is 1. The van der Waals surface area contributed by atoms with Crippen LogP contribution in [0.1, 0.15) is 11.1 Å². The Balaban J connectivity index is 2.31. The molecule has 26 heavy (non-hydrogen) atoms. The third-order valence-electron chi connectivity index (χ3n) is 3.40. The number of ether oxygens (including phenoxy) is 1. The number of amides is 2. The molecule has 0 saturated heterocycles. The number of para-hydroxylation sites is 1. The van der Waals surface area contributed by atoms with Crippen molar-refractivity contribution in [3.05, 3.63) is 64.2 Å². The van der Waals surface area contributed by atoms with Crippen LogP contribution in [0.15, 0.2) is 48.0 Å². The molecule has 7 heteroatoms. The second kappa shape index (κ2) is 8.70. The van der Waals surface area contributed by atoms with E-state index in [1.165, 1.54) is 18.2 Å². The Morgan fingerprint density at radius 2 is 2.04 bits per heavy atom. The zero-order chi connectivity index (χ0) is 19.1. The van der Waals surface area contributed by atoms with E-state index < -0.39 is 11.8 Å². The molecule has 2 aromatic rings. The van der Waals surface area contributed by atoms with E-state index >= 15 is 0 Å². The van der Waals surface area contributed by atoms with Crippen molar-refractivity contribution in [2.75, 3.05) is 11.9 Å². The lowest BCUT2D eigenvalue weighted by atomic mass is 10.1. The zero-order valence-electron chi connectivity index (χ0n) is 14.0. The van der Waals surface area contributed by atoms with Crippen LogP contribution >= 0.6 is 11.6 Å². The summed E-state index contributed by atoms with van der Waals surface area (Å²) in [6, 6.07) is 13.7. The molecule has 0 aliphatic carbocycles. The molecule has 2 aromatic carbocycles. The third kappa shape index (κ3) is 5.10. The number of halogens is 1. The van der Waals surface area contributed by atoms with Gasteiger partial charge in [-0.1, -0.05) is 29.8 Å². The van der Waals surface area contributed by atoms with Crippen molar-refractivity contribution >= 4 is 35.2 Å². The number of carbonyl (C=O) groups is 2. The number of carbonyl (C=O) groups excluding carboxylic acids is 2. The Labute approximate surface area is 155 Å². The van der Waals surface area contributed by atoms with Crippen LogP contribution in [-0.4, -0.2) is 18.4 Å². The van der Waals surface area contributed by atoms with Crippen LogP contribution in [0.5, 0.6) is 5.75 Å². The second-order valence-corrected chi connectivity index (χ2v) is 5.81. The smallest absolute Gasteiger partial charge is 0.266 e. The van der Waals surface area contributed by atoms with Crippen LogP contribution in [0.4, 0.5) is 5.69 Å². The highest BCUT2D eigenvalue weighted by atomic mass is 35.5. The number of nitrogens with zero attached hydrogens (tertiary/aromatic N) is 1. The molecule has 0 aliphatic rings. The number of hydrogen-bond donors (Lipinski definition) is 2. The van der Waals surface area contributed by atoms with E-state index in [-0.39, 0.29) is 17.9 Å². The van der Waals surface area contributed by atoms with Gasteiger partial charge in [0, 0.05) is 16.3 Å². The molecule has 0 saturated carbocycles. The molecule has 0 bridgehead atoms. The molecule has 0 aromatic heterocycles. The van der Waals surface area contributed by atoms with Gasteiger partial charge < -0.3 is 15.8 Å². The van der Waals surface area contributed by atoms with Crippen LogP contribution in [-0.2, 0) is 9.59 Å². The maximum Gasteiger partial charge on any atom is 0.266 e. The molecule has 0 aliphatic heterocycles. The average Bonchev–Trinajstić information content (AvgIpc) is 2.60. The summed E-state index contributed by atoms with van der Waals surface area (Å²) < 4.78 is 5.30. The minimum atomic E-state index is -0.646. The largest absolute Gasteiger partial charge is 0.483 e. The molecule has 132 valence electrons. The molecule has 0 unspecified atom stereocenters. The van der Waals surface area contributed by atoms with Crippen molar-refractivity contribution in [1.29, 1.82) is 5.26 Å². The first-order valence-corrected chi connectivity index (χ1v) is 7.98. The monoisotopic (exact) mass is 369 g/mol. The lowest BCUT2D eigenvalue weighted by Crippen LogP contribution is -2.20. The Morgan fingerprint density at radius 1 is 1.31 bits per heavy atom. The van der Waals surface area contributed by atoms with Crippen molar-refractivity contribution in [3.8, 4) is 11.8 Å². The summed E-state index contributed by atoms with van der Waals surface area (Å²) in [4.78, 5) is 23.3. The average molecular weight is 370 g/mol. The predicted octanol–water partition coefficient (Wildman–Crippen LogP) is 3.06. The first kappa shape index (κ1) is 19.0. The summed E-state index contributed by atoms with van der Waals surface area (Å²) in [5, 5.41) is 12.4. The topological polar surface area (TPSA) is 105 Å². The van der Waals surface area contributed by atoms with Gasteiger partial charge >= 0.3 is 0 Å². The number of nitrogens with one attached hydrogen (secondary N) is 1. The fourth-order valence-electron chi connectivity index (χ4n) is 2.12. The van der Waals surface area contributed by atoms with Gasteiger partial charge in [0.1, 0.15) is 17.4 Å². The second-order valence-electron chi connectivity index (χ2n) is 5.38. The molecule has 0 atom stereocenters. The van der Waals surface area contributed by atoms with E-state index in [0.29, 0.717) is 16.3 Å². The molecule has 3 N–H and O–H groups in total. The highest BCUT2D eigenvalue weighted by Gasteiger charge is 2.13. The molecule has 2 rings (SSSR count). The fraction of sp³-hybridized carbons (Fsp3) is 0.105. The third-order valence-corrected chi connectivity index (χ3v) is 3.64. The quantitative estimate of drug-likeness (QED) is 0.603. The van der Waals surface area contributed by atoms with Gasteiger partial charge in [0.2, 0.25) is 0 Å². The van der Waals surface area contributed by atoms with E-state index in [2.05, 4.69) is 5.32 Å². The van der Waals surface area contributed by atoms with Gasteiger partial charge in [-0.25, -0.2) is 0 Å². The van der Waals surface area contributed by atoms with Crippen LogP contribution in [0.25, 0.3) is 6.08 Å². The van der Waals surface area contributed by atoms with Crippen molar-refractivity contribution in [2.24, 2.45) is 5.73 Å². The number of hydrogen-bond acceptors (Lipinski definition) is 4. The van der Waals surface area contributed by atoms with Crippen LogP contribution in [0.2, 0.25) is 5.02 Å². The highest BCUT2D eigenvalue weighted by molar-refractivity contribution is 6.30. The van der Waals surface area contributed by atoms with Crippen molar-refractivity contribution in [1.82, 2.24) is 0 Å². The molecule has 6 nitrogen and oxygen atoms in total. The van der Waals surface area contributed by atoms with Gasteiger partial charge in [-0.2, -0.15) is 5.26 Å². The van der Waals surface area contributed by atoms with E-state index in [1.54, 1.807) is 18.2 Å². The fourth-order valence-corrected chi connectivity index (χ4v) is 2.30. The maximum absolute atomic E-state index is 12.4. The van der Waals surface area contributed by atoms with Crippen molar-refractivity contribution in [3.63, 3.8) is 0 Å². The molecule has 0 radical (unpaired) electrons. The number of aryl methyl sites for hydroxylation is 1. The van der Waals surface area contributed by atoms with E-state index in [1.807, 2.05) is 25.1 Å². The van der Waals surface area contributed by atoms with Gasteiger partial charge in [-0.15, -0.1) is 0 Å². The van der Waals surface area contributed by atoms with E-state index in [9.17, 15) is 14.9 Å². The van der Waals surface area contributed by atoms with Gasteiger partial charge in [0.05, 0.1) is 0 Å². The Hall–Kier alpha value is -3.30. The molecule has 0 heterocycles. The zero-order valence-corrected chi connectivity index (χ0v) is 14.7. The Bertz CT molecular complexity index is 916. The Morgan fingerprint density at radius 3 is 2.69 bits per heavy atom. The van der Waals surface area contributed by atoms with Gasteiger partial charge in [-0.05, 0) is 42.8 Å². The SMILES string of the molecule is Cc1ccccc1NC(=O)/C(C#N)=C/c1cc(Cl)ccc1OCC(N)=O. The summed E-state index contributed by atoms with van der Waals surface area (Å²) in [6.45, 7) is 1.51. The minimum absolute atomic E-state index is 0.139. The normalized spacial score (nSPS) is 10.7. The molecular formula is C19H16ClN3O3. The maximum atomic E-state index is 12.4. The first-order chi connectivity index (χ1) is 12.4. The summed E-state index contributed by atoms with van der Waals surface area (Å²) in [7, 11) is 0. The summed E-state index contributed by atoms with van der Waals surface area (Å²) in [5.41, 5.74) is 6.79. The molecule has 0 fully saturated rings. The van der Waals surface area contributed by atoms with Crippen LogP contribution in [0.3, 0.4) is 0 Å².